The standard InChI is InChI=1S/C17H27N3O4S2/c1-17(2,3)16(22)18-8-4-6-14(21)19-9-11-20(12-10-19)26(23,24)15-7-5-13-25-15/h5,7,13H,4,6,8-12H2,1-3H3,(H,18,22). The number of nitrogens with one attached hydrogen (secondary N) is 1. The first-order valence-electron chi connectivity index (χ1n) is 8.72. The molecule has 0 aliphatic carbocycles. The van der Waals surface area contributed by atoms with E-state index in [9.17, 15) is 18.0 Å². The van der Waals surface area contributed by atoms with Crippen molar-refractivity contribution in [3.63, 3.8) is 0 Å². The second-order valence-corrected chi connectivity index (χ2v) is 10.4. The number of rotatable bonds is 6. The lowest BCUT2D eigenvalue weighted by atomic mass is 9.96. The van der Waals surface area contributed by atoms with Crippen LogP contribution in [0.1, 0.15) is 33.6 Å². The van der Waals surface area contributed by atoms with E-state index in [1.165, 1.54) is 15.6 Å². The number of hydrogen-bond acceptors (Lipinski definition) is 5. The molecule has 0 saturated carbocycles. The predicted octanol–water partition coefficient (Wildman–Crippen LogP) is 1.52. The molecule has 1 aliphatic rings. The number of amides is 2. The van der Waals surface area contributed by atoms with Crippen LogP contribution in [-0.4, -0.2) is 62.2 Å². The molecule has 26 heavy (non-hydrogen) atoms. The van der Waals surface area contributed by atoms with Crippen molar-refractivity contribution in [1.82, 2.24) is 14.5 Å². The highest BCUT2D eigenvalue weighted by atomic mass is 32.2. The van der Waals surface area contributed by atoms with Gasteiger partial charge in [0, 0.05) is 44.6 Å². The molecule has 1 aromatic rings. The van der Waals surface area contributed by atoms with Gasteiger partial charge in [0.1, 0.15) is 4.21 Å². The SMILES string of the molecule is CC(C)(C)C(=O)NCCCC(=O)N1CCN(S(=O)(=O)c2cccs2)CC1. The lowest BCUT2D eigenvalue weighted by molar-refractivity contribution is -0.133. The molecule has 1 aliphatic heterocycles. The van der Waals surface area contributed by atoms with E-state index in [4.69, 9.17) is 0 Å². The van der Waals surface area contributed by atoms with E-state index < -0.39 is 15.4 Å². The number of carbonyl (C=O) groups is 2. The Kier molecular flexibility index (Phi) is 6.81. The molecule has 0 unspecified atom stereocenters. The minimum atomic E-state index is -3.45. The molecule has 0 atom stereocenters. The van der Waals surface area contributed by atoms with Crippen LogP contribution in [0.3, 0.4) is 0 Å². The van der Waals surface area contributed by atoms with Crippen molar-refractivity contribution in [3.8, 4) is 0 Å². The fourth-order valence-electron chi connectivity index (χ4n) is 2.58. The highest BCUT2D eigenvalue weighted by molar-refractivity contribution is 7.91. The minimum absolute atomic E-state index is 0.00294. The molecule has 7 nitrogen and oxygen atoms in total. The van der Waals surface area contributed by atoms with E-state index in [2.05, 4.69) is 5.32 Å². The molecule has 2 rings (SSSR count). The molecule has 0 spiro atoms. The van der Waals surface area contributed by atoms with Crippen molar-refractivity contribution in [2.24, 2.45) is 5.41 Å². The van der Waals surface area contributed by atoms with Crippen LogP contribution in [0.2, 0.25) is 0 Å². The Morgan fingerprint density at radius 3 is 2.38 bits per heavy atom. The summed E-state index contributed by atoms with van der Waals surface area (Å²) in [6.07, 6.45) is 0.927. The molecule has 2 amide bonds. The quantitative estimate of drug-likeness (QED) is 0.732. The summed E-state index contributed by atoms with van der Waals surface area (Å²) in [7, 11) is -3.45. The average molecular weight is 402 g/mol. The Balaban J connectivity index is 1.74. The zero-order valence-corrected chi connectivity index (χ0v) is 17.2. The maximum atomic E-state index is 12.5. The lowest BCUT2D eigenvalue weighted by Gasteiger charge is -2.33. The van der Waals surface area contributed by atoms with Crippen molar-refractivity contribution < 1.29 is 18.0 Å². The third-order valence-electron chi connectivity index (χ3n) is 4.21. The highest BCUT2D eigenvalue weighted by Crippen LogP contribution is 2.22. The zero-order valence-electron chi connectivity index (χ0n) is 15.5. The fraction of sp³-hybridized carbons (Fsp3) is 0.647. The summed E-state index contributed by atoms with van der Waals surface area (Å²) in [5.74, 6) is -0.0273. The molecule has 1 N–H and O–H groups in total. The molecule has 1 aromatic heterocycles. The van der Waals surface area contributed by atoms with Gasteiger partial charge in [-0.15, -0.1) is 11.3 Å². The Morgan fingerprint density at radius 1 is 1.19 bits per heavy atom. The first-order valence-corrected chi connectivity index (χ1v) is 11.0. The van der Waals surface area contributed by atoms with Gasteiger partial charge in [0.15, 0.2) is 0 Å². The van der Waals surface area contributed by atoms with Gasteiger partial charge in [0.2, 0.25) is 11.8 Å². The van der Waals surface area contributed by atoms with Gasteiger partial charge in [0.25, 0.3) is 10.0 Å². The van der Waals surface area contributed by atoms with E-state index in [-0.39, 0.29) is 11.8 Å². The number of sulfonamides is 1. The second-order valence-electron chi connectivity index (χ2n) is 7.33. The van der Waals surface area contributed by atoms with Gasteiger partial charge in [-0.05, 0) is 17.9 Å². The zero-order chi connectivity index (χ0) is 19.4. The van der Waals surface area contributed by atoms with Crippen molar-refractivity contribution in [2.75, 3.05) is 32.7 Å². The van der Waals surface area contributed by atoms with Gasteiger partial charge in [-0.1, -0.05) is 26.8 Å². The second kappa shape index (κ2) is 8.49. The monoisotopic (exact) mass is 401 g/mol. The van der Waals surface area contributed by atoms with Crippen molar-refractivity contribution in [1.29, 1.82) is 0 Å². The molecule has 146 valence electrons. The van der Waals surface area contributed by atoms with E-state index in [0.717, 1.165) is 0 Å². The topological polar surface area (TPSA) is 86.8 Å². The number of carbonyl (C=O) groups excluding carboxylic acids is 2. The lowest BCUT2D eigenvalue weighted by Crippen LogP contribution is -2.50. The van der Waals surface area contributed by atoms with E-state index in [0.29, 0.717) is 49.8 Å². The molecule has 2 heterocycles. The Morgan fingerprint density at radius 2 is 1.85 bits per heavy atom. The minimum Gasteiger partial charge on any atom is -0.356 e. The number of piperazine rings is 1. The predicted molar refractivity (Wildman–Crippen MR) is 101 cm³/mol. The van der Waals surface area contributed by atoms with Gasteiger partial charge in [-0.3, -0.25) is 9.59 Å². The third-order valence-corrected chi connectivity index (χ3v) is 7.49. The van der Waals surface area contributed by atoms with E-state index in [1.54, 1.807) is 22.4 Å². The van der Waals surface area contributed by atoms with Crippen LogP contribution in [-0.2, 0) is 19.6 Å². The number of hydrogen-bond donors (Lipinski definition) is 1. The summed E-state index contributed by atoms with van der Waals surface area (Å²) < 4.78 is 26.7. The molecule has 1 saturated heterocycles. The molecule has 0 radical (unpaired) electrons. The number of nitrogens with zero attached hydrogens (tertiary/aromatic N) is 2. The molecule has 9 heteroatoms. The van der Waals surface area contributed by atoms with Crippen LogP contribution in [0.15, 0.2) is 21.7 Å². The van der Waals surface area contributed by atoms with Gasteiger partial charge in [-0.25, -0.2) is 8.42 Å². The van der Waals surface area contributed by atoms with Crippen LogP contribution >= 0.6 is 11.3 Å². The molecule has 0 bridgehead atoms. The van der Waals surface area contributed by atoms with E-state index >= 15 is 0 Å². The first kappa shape index (κ1) is 20.9. The average Bonchev–Trinajstić information content (AvgIpc) is 3.13. The van der Waals surface area contributed by atoms with Crippen molar-refractivity contribution in [2.45, 2.75) is 37.8 Å². The Labute approximate surface area is 159 Å². The first-order chi connectivity index (χ1) is 12.1. The smallest absolute Gasteiger partial charge is 0.252 e. The summed E-state index contributed by atoms with van der Waals surface area (Å²) in [6, 6.07) is 3.32. The highest BCUT2D eigenvalue weighted by Gasteiger charge is 2.30. The van der Waals surface area contributed by atoms with Gasteiger partial charge >= 0.3 is 0 Å². The Bertz CT molecular complexity index is 716. The summed E-state index contributed by atoms with van der Waals surface area (Å²) in [5, 5.41) is 4.57. The van der Waals surface area contributed by atoms with Crippen molar-refractivity contribution in [3.05, 3.63) is 17.5 Å². The molecular formula is C17H27N3O4S2. The van der Waals surface area contributed by atoms with Crippen LogP contribution < -0.4 is 5.32 Å². The summed E-state index contributed by atoms with van der Waals surface area (Å²) in [4.78, 5) is 25.7. The molecule has 0 aromatic carbocycles. The van der Waals surface area contributed by atoms with Gasteiger partial charge in [0.05, 0.1) is 0 Å². The normalized spacial score (nSPS) is 16.5. The number of thiophene rings is 1. The van der Waals surface area contributed by atoms with Gasteiger partial charge < -0.3 is 10.2 Å². The molecule has 1 fully saturated rings. The van der Waals surface area contributed by atoms with Crippen molar-refractivity contribution >= 4 is 33.2 Å². The third kappa shape index (κ3) is 5.28. The van der Waals surface area contributed by atoms with Crippen LogP contribution in [0, 0.1) is 5.41 Å². The molecular weight excluding hydrogens is 374 g/mol. The van der Waals surface area contributed by atoms with Crippen LogP contribution in [0.25, 0.3) is 0 Å². The fourth-order valence-corrected chi connectivity index (χ4v) is 5.15. The van der Waals surface area contributed by atoms with E-state index in [1.807, 2.05) is 20.8 Å². The van der Waals surface area contributed by atoms with Crippen LogP contribution in [0.4, 0.5) is 0 Å². The Hall–Kier alpha value is -1.45. The summed E-state index contributed by atoms with van der Waals surface area (Å²) in [5.41, 5.74) is -0.436. The summed E-state index contributed by atoms with van der Waals surface area (Å²) >= 11 is 1.20. The summed E-state index contributed by atoms with van der Waals surface area (Å²) in [6.45, 7) is 7.43. The largest absolute Gasteiger partial charge is 0.356 e. The maximum Gasteiger partial charge on any atom is 0.252 e. The van der Waals surface area contributed by atoms with Crippen LogP contribution in [0.5, 0.6) is 0 Å². The maximum absolute atomic E-state index is 12.5. The van der Waals surface area contributed by atoms with Gasteiger partial charge in [-0.2, -0.15) is 4.31 Å².